The van der Waals surface area contributed by atoms with Crippen LogP contribution in [-0.2, 0) is 19.4 Å². The van der Waals surface area contributed by atoms with Crippen LogP contribution in [0.2, 0.25) is 0 Å². The second-order valence-electron chi connectivity index (χ2n) is 6.68. The lowest BCUT2D eigenvalue weighted by molar-refractivity contribution is 0.0952. The second kappa shape index (κ2) is 6.59. The third-order valence-corrected chi connectivity index (χ3v) is 5.24. The van der Waals surface area contributed by atoms with E-state index in [-0.39, 0.29) is 5.91 Å². The quantitative estimate of drug-likeness (QED) is 0.733. The van der Waals surface area contributed by atoms with Gasteiger partial charge in [0.25, 0.3) is 5.91 Å². The maximum atomic E-state index is 12.6. The van der Waals surface area contributed by atoms with E-state index in [1.54, 1.807) is 6.20 Å². The Morgan fingerprint density at radius 3 is 3.12 bits per heavy atom. The van der Waals surface area contributed by atoms with E-state index in [2.05, 4.69) is 38.3 Å². The van der Waals surface area contributed by atoms with Crippen LogP contribution < -0.4 is 5.32 Å². The van der Waals surface area contributed by atoms with Crippen LogP contribution in [0.4, 0.5) is 0 Å². The van der Waals surface area contributed by atoms with Crippen molar-refractivity contribution in [2.45, 2.75) is 32.7 Å². The Balaban J connectivity index is 1.58. The van der Waals surface area contributed by atoms with Crippen LogP contribution in [0, 0.1) is 5.92 Å². The molecule has 3 aromatic rings. The summed E-state index contributed by atoms with van der Waals surface area (Å²) in [5.41, 5.74) is 4.64. The zero-order chi connectivity index (χ0) is 17.4. The molecule has 2 aromatic heterocycles. The number of rotatable bonds is 3. The van der Waals surface area contributed by atoms with Gasteiger partial charge in [-0.3, -0.25) is 4.79 Å². The van der Waals surface area contributed by atoms with Gasteiger partial charge in [-0.2, -0.15) is 5.10 Å². The van der Waals surface area contributed by atoms with Crippen molar-refractivity contribution in [3.05, 3.63) is 63.5 Å². The number of hydrogen-bond acceptors (Lipinski definition) is 3. The molecule has 1 aliphatic rings. The van der Waals surface area contributed by atoms with Gasteiger partial charge in [0.1, 0.15) is 5.56 Å². The zero-order valence-corrected chi connectivity index (χ0v) is 15.6. The monoisotopic (exact) mass is 398 g/mol. The number of aromatic nitrogens is 3. The number of nitrogens with one attached hydrogen (secondary N) is 1. The molecule has 0 spiro atoms. The largest absolute Gasteiger partial charge is 0.348 e. The lowest BCUT2D eigenvalue weighted by atomic mass is 9.89. The topological polar surface area (TPSA) is 59.3 Å². The fourth-order valence-corrected chi connectivity index (χ4v) is 3.84. The van der Waals surface area contributed by atoms with E-state index < -0.39 is 0 Å². The lowest BCUT2D eigenvalue weighted by Crippen LogP contribution is -2.23. The van der Waals surface area contributed by atoms with Crippen molar-refractivity contribution in [1.29, 1.82) is 0 Å². The summed E-state index contributed by atoms with van der Waals surface area (Å²) in [6, 6.07) is 7.89. The molecule has 1 atom stereocenters. The molecule has 0 unspecified atom stereocenters. The van der Waals surface area contributed by atoms with Crippen LogP contribution in [0.15, 0.2) is 41.1 Å². The molecule has 5 nitrogen and oxygen atoms in total. The van der Waals surface area contributed by atoms with Crippen molar-refractivity contribution in [1.82, 2.24) is 19.9 Å². The third kappa shape index (κ3) is 3.18. The van der Waals surface area contributed by atoms with Gasteiger partial charge in [0.2, 0.25) is 0 Å². The van der Waals surface area contributed by atoms with Gasteiger partial charge in [0, 0.05) is 22.9 Å². The molecule has 0 aliphatic heterocycles. The number of hydrogen-bond donors (Lipinski definition) is 1. The van der Waals surface area contributed by atoms with Crippen LogP contribution in [-0.4, -0.2) is 20.5 Å². The standard InChI is InChI=1S/C19H19BrN4O/c1-12-5-6-17-14(7-12)10-21-18-16(11-23-24(17)18)19(25)22-9-13-3-2-4-15(20)8-13/h2-4,8,10-12H,5-7,9H2,1H3,(H,22,25)/t12-/m1/s1. The molecule has 2 heterocycles. The van der Waals surface area contributed by atoms with E-state index in [4.69, 9.17) is 0 Å². The minimum Gasteiger partial charge on any atom is -0.348 e. The number of halogens is 1. The van der Waals surface area contributed by atoms with E-state index in [1.165, 1.54) is 11.3 Å². The molecule has 1 N–H and O–H groups in total. The molecule has 0 saturated carbocycles. The summed E-state index contributed by atoms with van der Waals surface area (Å²) in [6.07, 6.45) is 6.69. The first-order chi connectivity index (χ1) is 12.1. The average Bonchev–Trinajstić information content (AvgIpc) is 3.04. The van der Waals surface area contributed by atoms with Crippen LogP contribution in [0.5, 0.6) is 0 Å². The Labute approximate surface area is 154 Å². The highest BCUT2D eigenvalue weighted by Crippen LogP contribution is 2.25. The number of amides is 1. The van der Waals surface area contributed by atoms with Gasteiger partial charge < -0.3 is 5.32 Å². The molecule has 0 radical (unpaired) electrons. The van der Waals surface area contributed by atoms with Crippen LogP contribution >= 0.6 is 15.9 Å². The fraction of sp³-hybridized carbons (Fsp3) is 0.316. The highest BCUT2D eigenvalue weighted by atomic mass is 79.9. The van der Waals surface area contributed by atoms with E-state index >= 15 is 0 Å². The van der Waals surface area contributed by atoms with Gasteiger partial charge in [-0.05, 0) is 48.4 Å². The SMILES string of the molecule is C[C@@H]1CCc2c(cnc3c(C(=O)NCc4cccc(Br)c4)cnn23)C1. The zero-order valence-electron chi connectivity index (χ0n) is 14.0. The van der Waals surface area contributed by atoms with Crippen molar-refractivity contribution < 1.29 is 4.79 Å². The summed E-state index contributed by atoms with van der Waals surface area (Å²) in [5, 5.41) is 7.39. The Morgan fingerprint density at radius 1 is 1.40 bits per heavy atom. The van der Waals surface area contributed by atoms with E-state index in [1.807, 2.05) is 35.0 Å². The van der Waals surface area contributed by atoms with Crippen molar-refractivity contribution in [2.75, 3.05) is 0 Å². The summed E-state index contributed by atoms with van der Waals surface area (Å²) < 4.78 is 2.84. The van der Waals surface area contributed by atoms with Crippen molar-refractivity contribution in [3.63, 3.8) is 0 Å². The first kappa shape index (κ1) is 16.3. The first-order valence-corrected chi connectivity index (χ1v) is 9.28. The highest BCUT2D eigenvalue weighted by Gasteiger charge is 2.21. The minimum atomic E-state index is -0.147. The van der Waals surface area contributed by atoms with Gasteiger partial charge in [0.05, 0.1) is 6.20 Å². The third-order valence-electron chi connectivity index (χ3n) is 4.74. The Kier molecular flexibility index (Phi) is 4.29. The van der Waals surface area contributed by atoms with Crippen LogP contribution in [0.1, 0.15) is 40.5 Å². The number of carbonyl (C=O) groups is 1. The second-order valence-corrected chi connectivity index (χ2v) is 7.60. The van der Waals surface area contributed by atoms with Gasteiger partial charge in [-0.15, -0.1) is 0 Å². The minimum absolute atomic E-state index is 0.147. The number of benzene rings is 1. The Bertz CT molecular complexity index is 950. The molecule has 0 saturated heterocycles. The predicted octanol–water partition coefficient (Wildman–Crippen LogP) is 3.55. The number of fused-ring (bicyclic) bond motifs is 3. The Morgan fingerprint density at radius 2 is 2.28 bits per heavy atom. The molecule has 1 amide bonds. The molecule has 0 fully saturated rings. The van der Waals surface area contributed by atoms with Crippen LogP contribution in [0.25, 0.3) is 5.65 Å². The molecule has 4 rings (SSSR count). The lowest BCUT2D eigenvalue weighted by Gasteiger charge is -2.21. The van der Waals surface area contributed by atoms with Crippen molar-refractivity contribution in [3.8, 4) is 0 Å². The van der Waals surface area contributed by atoms with Gasteiger partial charge >= 0.3 is 0 Å². The maximum Gasteiger partial charge on any atom is 0.257 e. The van der Waals surface area contributed by atoms with Gasteiger partial charge in [-0.25, -0.2) is 9.50 Å². The normalized spacial score (nSPS) is 16.6. The van der Waals surface area contributed by atoms with E-state index in [0.29, 0.717) is 23.7 Å². The van der Waals surface area contributed by atoms with E-state index in [9.17, 15) is 4.79 Å². The van der Waals surface area contributed by atoms with Gasteiger partial charge in [-0.1, -0.05) is 35.0 Å². The van der Waals surface area contributed by atoms with E-state index in [0.717, 1.165) is 29.3 Å². The van der Waals surface area contributed by atoms with Gasteiger partial charge in [0.15, 0.2) is 5.65 Å². The molecular formula is C19H19BrN4O. The summed E-state index contributed by atoms with van der Waals surface area (Å²) in [5.74, 6) is 0.530. The average molecular weight is 399 g/mol. The molecule has 6 heteroatoms. The number of carbonyl (C=O) groups excluding carboxylic acids is 1. The maximum absolute atomic E-state index is 12.6. The highest BCUT2D eigenvalue weighted by molar-refractivity contribution is 9.10. The first-order valence-electron chi connectivity index (χ1n) is 8.49. The molecular weight excluding hydrogens is 380 g/mol. The summed E-state index contributed by atoms with van der Waals surface area (Å²) in [7, 11) is 0. The fourth-order valence-electron chi connectivity index (χ4n) is 3.40. The smallest absolute Gasteiger partial charge is 0.257 e. The summed E-state index contributed by atoms with van der Waals surface area (Å²) in [6.45, 7) is 2.73. The van der Waals surface area contributed by atoms with Crippen LogP contribution in [0.3, 0.4) is 0 Å². The predicted molar refractivity (Wildman–Crippen MR) is 99.5 cm³/mol. The molecule has 1 aliphatic carbocycles. The number of aryl methyl sites for hydroxylation is 1. The molecule has 128 valence electrons. The summed E-state index contributed by atoms with van der Waals surface area (Å²) >= 11 is 3.44. The van der Waals surface area contributed by atoms with Crippen molar-refractivity contribution >= 4 is 27.5 Å². The Hall–Kier alpha value is -2.21. The molecule has 1 aromatic carbocycles. The molecule has 25 heavy (non-hydrogen) atoms. The summed E-state index contributed by atoms with van der Waals surface area (Å²) in [4.78, 5) is 17.1. The molecule has 0 bridgehead atoms. The number of nitrogens with zero attached hydrogens (tertiary/aromatic N) is 3. The van der Waals surface area contributed by atoms with Crippen molar-refractivity contribution in [2.24, 2.45) is 5.92 Å².